The predicted octanol–water partition coefficient (Wildman–Crippen LogP) is 4.10. The lowest BCUT2D eigenvalue weighted by atomic mass is 9.94. The molecule has 0 aliphatic heterocycles. The van der Waals surface area contributed by atoms with E-state index in [2.05, 4.69) is 41.8 Å². The average Bonchev–Trinajstić information content (AvgIpc) is 2.75. The minimum Gasteiger partial charge on any atom is -0.278 e. The normalized spacial score (nSPS) is 16.7. The van der Waals surface area contributed by atoms with Crippen LogP contribution in [0.15, 0.2) is 30.3 Å². The van der Waals surface area contributed by atoms with Crippen molar-refractivity contribution in [1.29, 1.82) is 0 Å². The summed E-state index contributed by atoms with van der Waals surface area (Å²) in [5.74, 6) is 0. The first-order chi connectivity index (χ1) is 9.27. The molecule has 1 saturated carbocycles. The van der Waals surface area contributed by atoms with Crippen LogP contribution in [0.1, 0.15) is 43.0 Å². The highest BCUT2D eigenvalue weighted by Gasteiger charge is 2.28. The molecule has 2 aromatic rings. The molecule has 0 amide bonds. The first-order valence-electron chi connectivity index (χ1n) is 7.13. The van der Waals surface area contributed by atoms with Crippen molar-refractivity contribution in [2.45, 2.75) is 45.1 Å². The molecule has 1 heterocycles. The first-order valence-corrected chi connectivity index (χ1v) is 7.95. The summed E-state index contributed by atoms with van der Waals surface area (Å²) in [5.41, 5.74) is 8.91. The van der Waals surface area contributed by atoms with Gasteiger partial charge < -0.3 is 0 Å². The Morgan fingerprint density at radius 2 is 1.79 bits per heavy atom. The van der Waals surface area contributed by atoms with Gasteiger partial charge in [-0.1, -0.05) is 48.1 Å². The maximum Gasteiger partial charge on any atom is 0.332 e. The molecule has 0 unspecified atom stereocenters. The van der Waals surface area contributed by atoms with E-state index in [1.807, 2.05) is 0 Å². The molecule has 3 rings (SSSR count). The van der Waals surface area contributed by atoms with E-state index >= 15 is 0 Å². The van der Waals surface area contributed by atoms with Crippen LogP contribution < -0.4 is 10.3 Å². The Bertz CT molecular complexity index is 554. The molecule has 1 fully saturated rings. The third kappa shape index (κ3) is 2.39. The second-order valence-electron chi connectivity index (χ2n) is 5.37. The van der Waals surface area contributed by atoms with Gasteiger partial charge in [-0.3, -0.25) is 5.73 Å². The highest BCUT2D eigenvalue weighted by molar-refractivity contribution is 7.15. The third-order valence-electron chi connectivity index (χ3n) is 4.06. The molecule has 1 aromatic heterocycles. The second kappa shape index (κ2) is 5.33. The summed E-state index contributed by atoms with van der Waals surface area (Å²) in [6.07, 6.45) is 6.58. The molecule has 0 bridgehead atoms. The topological polar surface area (TPSA) is 29.9 Å². The molecule has 0 spiro atoms. The number of aryl methyl sites for hydroxylation is 1. The number of thiazole rings is 1. The molecule has 0 radical (unpaired) electrons. The molecule has 19 heavy (non-hydrogen) atoms. The fourth-order valence-electron chi connectivity index (χ4n) is 3.17. The van der Waals surface area contributed by atoms with E-state index in [4.69, 9.17) is 5.73 Å². The fourth-order valence-corrected chi connectivity index (χ4v) is 4.14. The van der Waals surface area contributed by atoms with Gasteiger partial charge in [0.05, 0.1) is 4.88 Å². The minimum atomic E-state index is 0.592. The lowest BCUT2D eigenvalue weighted by Gasteiger charge is -2.21. The lowest BCUT2D eigenvalue weighted by Crippen LogP contribution is -2.43. The Balaban J connectivity index is 2.08. The van der Waals surface area contributed by atoms with Gasteiger partial charge in [0, 0.05) is 5.56 Å². The van der Waals surface area contributed by atoms with Crippen molar-refractivity contribution in [3.05, 3.63) is 35.2 Å². The second-order valence-corrected chi connectivity index (χ2v) is 6.61. The Kier molecular flexibility index (Phi) is 3.56. The summed E-state index contributed by atoms with van der Waals surface area (Å²) < 4.78 is 2.40. The summed E-state index contributed by atoms with van der Waals surface area (Å²) in [5, 5.41) is 0.961. The van der Waals surface area contributed by atoms with E-state index in [1.54, 1.807) is 11.3 Å². The Labute approximate surface area is 118 Å². The maximum absolute atomic E-state index is 6.29. The number of nitrogens with zero attached hydrogens (tertiary/aromatic N) is 1. The molecule has 2 nitrogen and oxygen atoms in total. The van der Waals surface area contributed by atoms with E-state index in [0.717, 1.165) is 5.13 Å². The molecule has 2 N–H and O–H groups in total. The number of benzene rings is 1. The standard InChI is InChI=1S/C16H20N2S/c1-12-15(13-8-4-2-5-9-13)18(16(17)19-12)14-10-6-3-7-11-14/h2,4-5,8-9,14,17H,3,6-7,10-11H2,1H3/p+1. The zero-order valence-electron chi connectivity index (χ0n) is 11.4. The molecule has 1 aliphatic carbocycles. The van der Waals surface area contributed by atoms with Gasteiger partial charge in [-0.2, -0.15) is 0 Å². The van der Waals surface area contributed by atoms with Crippen molar-refractivity contribution >= 4 is 16.5 Å². The largest absolute Gasteiger partial charge is 0.332 e. The molecule has 1 aliphatic rings. The minimum absolute atomic E-state index is 0.592. The lowest BCUT2D eigenvalue weighted by molar-refractivity contribution is -0.698. The van der Waals surface area contributed by atoms with Crippen molar-refractivity contribution in [2.24, 2.45) is 0 Å². The number of hydrogen-bond acceptors (Lipinski definition) is 2. The van der Waals surface area contributed by atoms with Crippen LogP contribution >= 0.6 is 11.3 Å². The van der Waals surface area contributed by atoms with Crippen LogP contribution in [0.2, 0.25) is 0 Å². The van der Waals surface area contributed by atoms with Gasteiger partial charge >= 0.3 is 5.13 Å². The summed E-state index contributed by atoms with van der Waals surface area (Å²) in [7, 11) is 0. The van der Waals surface area contributed by atoms with Crippen LogP contribution in [0.5, 0.6) is 0 Å². The number of nitrogen functional groups attached to an aromatic ring is 1. The zero-order chi connectivity index (χ0) is 13.2. The van der Waals surface area contributed by atoms with Crippen molar-refractivity contribution in [2.75, 3.05) is 5.73 Å². The zero-order valence-corrected chi connectivity index (χ0v) is 12.2. The smallest absolute Gasteiger partial charge is 0.278 e. The average molecular weight is 273 g/mol. The van der Waals surface area contributed by atoms with E-state index < -0.39 is 0 Å². The van der Waals surface area contributed by atoms with Gasteiger partial charge in [-0.15, -0.1) is 0 Å². The van der Waals surface area contributed by atoms with E-state index in [1.165, 1.54) is 48.2 Å². The highest BCUT2D eigenvalue weighted by Crippen LogP contribution is 2.33. The van der Waals surface area contributed by atoms with Gasteiger partial charge in [0.1, 0.15) is 11.7 Å². The number of aromatic nitrogens is 1. The van der Waals surface area contributed by atoms with E-state index in [0.29, 0.717) is 6.04 Å². The van der Waals surface area contributed by atoms with Crippen molar-refractivity contribution in [1.82, 2.24) is 0 Å². The molecular formula is C16H21N2S+. The number of rotatable bonds is 2. The predicted molar refractivity (Wildman–Crippen MR) is 81.2 cm³/mol. The SMILES string of the molecule is Cc1sc(N)[n+](C2CCCCC2)c1-c1ccccc1. The molecule has 1 aromatic carbocycles. The fraction of sp³-hybridized carbons (Fsp3) is 0.438. The number of hydrogen-bond donors (Lipinski definition) is 1. The summed E-state index contributed by atoms with van der Waals surface area (Å²) in [6.45, 7) is 2.18. The van der Waals surface area contributed by atoms with Crippen molar-refractivity contribution in [3.8, 4) is 11.3 Å². The van der Waals surface area contributed by atoms with Crippen LogP contribution in [0, 0.1) is 6.92 Å². The number of anilines is 1. The van der Waals surface area contributed by atoms with Gasteiger partial charge in [0.15, 0.2) is 0 Å². The molecular weight excluding hydrogens is 252 g/mol. The summed E-state index contributed by atoms with van der Waals surface area (Å²) in [6, 6.07) is 11.2. The van der Waals surface area contributed by atoms with Crippen LogP contribution in [-0.2, 0) is 0 Å². The summed E-state index contributed by atoms with van der Waals surface area (Å²) >= 11 is 1.73. The van der Waals surface area contributed by atoms with Gasteiger partial charge in [-0.05, 0) is 32.6 Å². The van der Waals surface area contributed by atoms with E-state index in [-0.39, 0.29) is 0 Å². The Hall–Kier alpha value is -1.35. The van der Waals surface area contributed by atoms with Crippen LogP contribution in [0.25, 0.3) is 11.3 Å². The molecule has 0 atom stereocenters. The van der Waals surface area contributed by atoms with Gasteiger partial charge in [0.25, 0.3) is 0 Å². The molecule has 0 saturated heterocycles. The first kappa shape index (κ1) is 12.7. The third-order valence-corrected chi connectivity index (χ3v) is 4.96. The summed E-state index contributed by atoms with van der Waals surface area (Å²) in [4.78, 5) is 1.33. The molecule has 100 valence electrons. The number of nitrogens with two attached hydrogens (primary N) is 1. The highest BCUT2D eigenvalue weighted by atomic mass is 32.1. The Morgan fingerprint density at radius 1 is 1.11 bits per heavy atom. The van der Waals surface area contributed by atoms with Crippen molar-refractivity contribution in [3.63, 3.8) is 0 Å². The maximum atomic E-state index is 6.29. The van der Waals surface area contributed by atoms with Gasteiger partial charge in [-0.25, -0.2) is 4.57 Å². The van der Waals surface area contributed by atoms with Crippen molar-refractivity contribution < 1.29 is 4.57 Å². The monoisotopic (exact) mass is 273 g/mol. The van der Waals surface area contributed by atoms with Gasteiger partial charge in [0.2, 0.25) is 0 Å². The quantitative estimate of drug-likeness (QED) is 0.820. The van der Waals surface area contributed by atoms with Crippen LogP contribution in [-0.4, -0.2) is 0 Å². The van der Waals surface area contributed by atoms with Crippen LogP contribution in [0.4, 0.5) is 5.13 Å². The van der Waals surface area contributed by atoms with E-state index in [9.17, 15) is 0 Å². The molecule has 3 heteroatoms. The van der Waals surface area contributed by atoms with Crippen LogP contribution in [0.3, 0.4) is 0 Å². The Morgan fingerprint density at radius 3 is 2.47 bits per heavy atom.